The molecule has 1 N–H and O–H groups in total. The van der Waals surface area contributed by atoms with Gasteiger partial charge in [-0.15, -0.1) is 0 Å². The molecule has 1 saturated heterocycles. The first kappa shape index (κ1) is 13.0. The van der Waals surface area contributed by atoms with Crippen LogP contribution in [0.1, 0.15) is 39.5 Å². The summed E-state index contributed by atoms with van der Waals surface area (Å²) in [6.45, 7) is 7.22. The lowest BCUT2D eigenvalue weighted by Crippen LogP contribution is -2.44. The molecule has 1 heterocycles. The molecule has 0 aromatic carbocycles. The van der Waals surface area contributed by atoms with Gasteiger partial charge in [-0.05, 0) is 31.1 Å². The molecule has 2 aliphatic rings. The maximum Gasteiger partial charge on any atom is 0.137 e. The van der Waals surface area contributed by atoms with E-state index in [4.69, 9.17) is 0 Å². The van der Waals surface area contributed by atoms with Crippen molar-refractivity contribution in [1.82, 2.24) is 4.90 Å². The third kappa shape index (κ3) is 3.29. The first-order valence-electron chi connectivity index (χ1n) is 6.99. The summed E-state index contributed by atoms with van der Waals surface area (Å²) in [5, 5.41) is 9.48. The first-order valence-corrected chi connectivity index (χ1v) is 6.99. The average Bonchev–Trinajstić information content (AvgIpc) is 2.26. The van der Waals surface area contributed by atoms with Gasteiger partial charge in [0.05, 0.1) is 6.10 Å². The second kappa shape index (κ2) is 5.49. The van der Waals surface area contributed by atoms with Crippen LogP contribution in [0.15, 0.2) is 0 Å². The predicted octanol–water partition coefficient (Wildman–Crippen LogP) is 1.69. The van der Waals surface area contributed by atoms with Crippen LogP contribution in [0.25, 0.3) is 0 Å². The number of likely N-dealkylation sites (tertiary alicyclic amines) is 1. The first-order chi connectivity index (χ1) is 8.06. The molecule has 2 fully saturated rings. The molecule has 2 rings (SSSR count). The number of nitrogens with zero attached hydrogens (tertiary/aromatic N) is 1. The fraction of sp³-hybridized carbons (Fsp3) is 0.929. The zero-order valence-corrected chi connectivity index (χ0v) is 11.1. The van der Waals surface area contributed by atoms with Crippen LogP contribution in [-0.4, -0.2) is 41.5 Å². The van der Waals surface area contributed by atoms with Crippen LogP contribution >= 0.6 is 0 Å². The van der Waals surface area contributed by atoms with E-state index in [2.05, 4.69) is 18.7 Å². The topological polar surface area (TPSA) is 40.5 Å². The lowest BCUT2D eigenvalue weighted by atomic mass is 9.74. The van der Waals surface area contributed by atoms with Crippen molar-refractivity contribution in [3.8, 4) is 0 Å². The minimum Gasteiger partial charge on any atom is -0.393 e. The molecule has 3 unspecified atom stereocenters. The predicted molar refractivity (Wildman–Crippen MR) is 67.7 cm³/mol. The van der Waals surface area contributed by atoms with Gasteiger partial charge in [0.1, 0.15) is 5.78 Å². The summed E-state index contributed by atoms with van der Waals surface area (Å²) in [4.78, 5) is 14.4. The van der Waals surface area contributed by atoms with Crippen LogP contribution < -0.4 is 0 Å². The van der Waals surface area contributed by atoms with Gasteiger partial charge in [0.15, 0.2) is 0 Å². The van der Waals surface area contributed by atoms with Gasteiger partial charge in [0.25, 0.3) is 0 Å². The van der Waals surface area contributed by atoms with Crippen molar-refractivity contribution in [3.63, 3.8) is 0 Å². The van der Waals surface area contributed by atoms with E-state index in [9.17, 15) is 9.90 Å². The Morgan fingerprint density at radius 1 is 1.29 bits per heavy atom. The van der Waals surface area contributed by atoms with Gasteiger partial charge in [-0.25, -0.2) is 0 Å². The van der Waals surface area contributed by atoms with Crippen molar-refractivity contribution in [2.45, 2.75) is 45.6 Å². The van der Waals surface area contributed by atoms with Crippen LogP contribution in [0.3, 0.4) is 0 Å². The van der Waals surface area contributed by atoms with Gasteiger partial charge in [0, 0.05) is 32.0 Å². The number of hydrogen-bond acceptors (Lipinski definition) is 3. The number of hydrogen-bond donors (Lipinski definition) is 1. The lowest BCUT2D eigenvalue weighted by Gasteiger charge is -2.37. The Morgan fingerprint density at radius 3 is 2.53 bits per heavy atom. The molecule has 98 valence electrons. The normalized spacial score (nSPS) is 37.4. The zero-order valence-electron chi connectivity index (χ0n) is 11.1. The number of piperidine rings is 1. The Hall–Kier alpha value is -0.410. The molecular weight excluding hydrogens is 214 g/mol. The number of carbonyl (C=O) groups is 1. The molecule has 0 aromatic rings. The molecule has 1 saturated carbocycles. The summed E-state index contributed by atoms with van der Waals surface area (Å²) in [6.07, 6.45) is 3.57. The fourth-order valence-electron chi connectivity index (χ4n) is 3.36. The summed E-state index contributed by atoms with van der Waals surface area (Å²) >= 11 is 0. The Kier molecular flexibility index (Phi) is 4.21. The highest BCUT2D eigenvalue weighted by molar-refractivity contribution is 5.82. The number of aliphatic hydroxyl groups excluding tert-OH is 1. The number of carbonyl (C=O) groups excluding carboxylic acids is 1. The Bertz CT molecular complexity index is 271. The maximum absolute atomic E-state index is 12.1. The highest BCUT2D eigenvalue weighted by atomic mass is 16.3. The summed E-state index contributed by atoms with van der Waals surface area (Å²) < 4.78 is 0. The van der Waals surface area contributed by atoms with E-state index in [0.717, 1.165) is 38.9 Å². The van der Waals surface area contributed by atoms with E-state index < -0.39 is 0 Å². The molecule has 1 aliphatic heterocycles. The monoisotopic (exact) mass is 239 g/mol. The number of ketones is 1. The molecule has 0 bridgehead atoms. The van der Waals surface area contributed by atoms with E-state index >= 15 is 0 Å². The van der Waals surface area contributed by atoms with Gasteiger partial charge in [0.2, 0.25) is 0 Å². The molecule has 3 nitrogen and oxygen atoms in total. The largest absolute Gasteiger partial charge is 0.393 e. The van der Waals surface area contributed by atoms with E-state index in [1.165, 1.54) is 6.42 Å². The Morgan fingerprint density at radius 2 is 1.94 bits per heavy atom. The van der Waals surface area contributed by atoms with E-state index in [-0.39, 0.29) is 12.0 Å². The third-order valence-corrected chi connectivity index (χ3v) is 4.44. The SMILES string of the molecule is CC1CC(=O)C(CN2CCC(O)CC2)C(C)C1. The molecule has 0 spiro atoms. The van der Waals surface area contributed by atoms with Crippen molar-refractivity contribution < 1.29 is 9.90 Å². The maximum atomic E-state index is 12.1. The van der Waals surface area contributed by atoms with Gasteiger partial charge >= 0.3 is 0 Å². The van der Waals surface area contributed by atoms with Crippen molar-refractivity contribution in [3.05, 3.63) is 0 Å². The molecule has 0 radical (unpaired) electrons. The Balaban J connectivity index is 1.87. The smallest absolute Gasteiger partial charge is 0.137 e. The number of aliphatic hydroxyl groups is 1. The standard InChI is InChI=1S/C14H25NO2/c1-10-7-11(2)13(14(17)8-10)9-15-5-3-12(16)4-6-15/h10-13,16H,3-9H2,1-2H3. The van der Waals surface area contributed by atoms with Crippen LogP contribution in [0.5, 0.6) is 0 Å². The molecule has 17 heavy (non-hydrogen) atoms. The van der Waals surface area contributed by atoms with Gasteiger partial charge in [-0.2, -0.15) is 0 Å². The minimum absolute atomic E-state index is 0.120. The van der Waals surface area contributed by atoms with Crippen molar-refractivity contribution in [2.75, 3.05) is 19.6 Å². The van der Waals surface area contributed by atoms with Crippen LogP contribution in [0.2, 0.25) is 0 Å². The Labute approximate surface area is 104 Å². The fourth-order valence-corrected chi connectivity index (χ4v) is 3.36. The highest BCUT2D eigenvalue weighted by Gasteiger charge is 2.34. The lowest BCUT2D eigenvalue weighted by molar-refractivity contribution is -0.128. The summed E-state index contributed by atoms with van der Waals surface area (Å²) in [6, 6.07) is 0. The summed E-state index contributed by atoms with van der Waals surface area (Å²) in [5.41, 5.74) is 0. The van der Waals surface area contributed by atoms with Gasteiger partial charge in [-0.1, -0.05) is 13.8 Å². The van der Waals surface area contributed by atoms with Crippen LogP contribution in [0.4, 0.5) is 0 Å². The molecule has 3 heteroatoms. The molecule has 3 atom stereocenters. The van der Waals surface area contributed by atoms with E-state index in [1.54, 1.807) is 0 Å². The quantitative estimate of drug-likeness (QED) is 0.797. The van der Waals surface area contributed by atoms with Crippen LogP contribution in [0, 0.1) is 17.8 Å². The molecule has 0 aromatic heterocycles. The highest BCUT2D eigenvalue weighted by Crippen LogP contribution is 2.31. The third-order valence-electron chi connectivity index (χ3n) is 4.44. The van der Waals surface area contributed by atoms with Gasteiger partial charge < -0.3 is 10.0 Å². The number of rotatable bonds is 2. The van der Waals surface area contributed by atoms with E-state index in [0.29, 0.717) is 17.6 Å². The minimum atomic E-state index is -0.120. The van der Waals surface area contributed by atoms with Crippen molar-refractivity contribution >= 4 is 5.78 Å². The van der Waals surface area contributed by atoms with Gasteiger partial charge in [-0.3, -0.25) is 4.79 Å². The molecule has 0 amide bonds. The van der Waals surface area contributed by atoms with Crippen molar-refractivity contribution in [2.24, 2.45) is 17.8 Å². The molecule has 1 aliphatic carbocycles. The van der Waals surface area contributed by atoms with E-state index in [1.807, 2.05) is 0 Å². The summed E-state index contributed by atoms with van der Waals surface area (Å²) in [5.74, 6) is 1.79. The van der Waals surface area contributed by atoms with Crippen molar-refractivity contribution in [1.29, 1.82) is 0 Å². The number of Topliss-reactive ketones (excluding diaryl/α,β-unsaturated/α-hetero) is 1. The van der Waals surface area contributed by atoms with Crippen LogP contribution in [-0.2, 0) is 4.79 Å². The second-order valence-corrected chi connectivity index (χ2v) is 6.13. The zero-order chi connectivity index (χ0) is 12.4. The molecular formula is C14H25NO2. The second-order valence-electron chi connectivity index (χ2n) is 6.13. The average molecular weight is 239 g/mol. The summed E-state index contributed by atoms with van der Waals surface area (Å²) in [7, 11) is 0.